The van der Waals surface area contributed by atoms with Crippen molar-refractivity contribution < 1.29 is 13.6 Å². The van der Waals surface area contributed by atoms with Crippen LogP contribution in [0.4, 0.5) is 10.1 Å². The van der Waals surface area contributed by atoms with Crippen molar-refractivity contribution in [3.05, 3.63) is 65.1 Å². The minimum absolute atomic E-state index is 0.113. The molecule has 0 atom stereocenters. The van der Waals surface area contributed by atoms with E-state index in [1.807, 2.05) is 4.90 Å². The van der Waals surface area contributed by atoms with Crippen LogP contribution in [0.2, 0.25) is 5.02 Å². The molecule has 1 fully saturated rings. The molecular formula is C20H18ClFN2O2. The number of anilines is 1. The molecule has 3 aromatic rings. The number of carbonyl (C=O) groups excluding carboxylic acids is 1. The molecule has 0 N–H and O–H groups in total. The summed E-state index contributed by atoms with van der Waals surface area (Å²) < 4.78 is 18.8. The Labute approximate surface area is 155 Å². The highest BCUT2D eigenvalue weighted by Gasteiger charge is 2.23. The second-order valence-electron chi connectivity index (χ2n) is 6.40. The van der Waals surface area contributed by atoms with E-state index in [9.17, 15) is 9.18 Å². The summed E-state index contributed by atoms with van der Waals surface area (Å²) in [6.45, 7) is 2.77. The van der Waals surface area contributed by atoms with Crippen LogP contribution >= 0.6 is 11.6 Å². The standard InChI is InChI=1S/C20H18ClFN2O2/c21-15-2-7-18-14(12-15)13-19(26-18)20(25)24-9-1-8-23(10-11-24)17-5-3-16(22)4-6-17/h2-7,12-13H,1,8-11H2. The van der Waals surface area contributed by atoms with E-state index < -0.39 is 0 Å². The maximum Gasteiger partial charge on any atom is 0.289 e. The van der Waals surface area contributed by atoms with Gasteiger partial charge in [-0.2, -0.15) is 0 Å². The van der Waals surface area contributed by atoms with E-state index in [-0.39, 0.29) is 11.7 Å². The lowest BCUT2D eigenvalue weighted by atomic mass is 10.2. The van der Waals surface area contributed by atoms with Gasteiger partial charge in [0.2, 0.25) is 0 Å². The maximum absolute atomic E-state index is 13.1. The quantitative estimate of drug-likeness (QED) is 0.660. The van der Waals surface area contributed by atoms with E-state index in [1.165, 1.54) is 12.1 Å². The van der Waals surface area contributed by atoms with Crippen LogP contribution in [0.5, 0.6) is 0 Å². The Balaban J connectivity index is 1.49. The fraction of sp³-hybridized carbons (Fsp3) is 0.250. The molecule has 0 saturated carbocycles. The number of amides is 1. The van der Waals surface area contributed by atoms with E-state index in [1.54, 1.807) is 36.4 Å². The minimum atomic E-state index is -0.245. The van der Waals surface area contributed by atoms with Gasteiger partial charge in [0.25, 0.3) is 5.91 Å². The monoisotopic (exact) mass is 372 g/mol. The predicted molar refractivity (Wildman–Crippen MR) is 100 cm³/mol. The highest BCUT2D eigenvalue weighted by atomic mass is 35.5. The van der Waals surface area contributed by atoms with Gasteiger partial charge < -0.3 is 14.2 Å². The lowest BCUT2D eigenvalue weighted by molar-refractivity contribution is 0.0737. The van der Waals surface area contributed by atoms with E-state index in [0.717, 1.165) is 24.0 Å². The Kier molecular flexibility index (Phi) is 4.55. The number of hydrogen-bond acceptors (Lipinski definition) is 3. The van der Waals surface area contributed by atoms with Gasteiger partial charge in [0.15, 0.2) is 5.76 Å². The average molecular weight is 373 g/mol. The van der Waals surface area contributed by atoms with Crippen LogP contribution < -0.4 is 4.90 Å². The van der Waals surface area contributed by atoms with Crippen molar-refractivity contribution in [1.29, 1.82) is 0 Å². The first-order valence-electron chi connectivity index (χ1n) is 8.59. The summed E-state index contributed by atoms with van der Waals surface area (Å²) in [4.78, 5) is 16.8. The van der Waals surface area contributed by atoms with Crippen LogP contribution in [-0.2, 0) is 0 Å². The van der Waals surface area contributed by atoms with E-state index in [4.69, 9.17) is 16.0 Å². The molecule has 1 aliphatic heterocycles. The highest BCUT2D eigenvalue weighted by Crippen LogP contribution is 2.24. The van der Waals surface area contributed by atoms with Crippen molar-refractivity contribution in [3.8, 4) is 0 Å². The first-order chi connectivity index (χ1) is 12.6. The molecule has 1 saturated heterocycles. The fourth-order valence-corrected chi connectivity index (χ4v) is 3.49. The summed E-state index contributed by atoms with van der Waals surface area (Å²) in [7, 11) is 0. The summed E-state index contributed by atoms with van der Waals surface area (Å²) in [5, 5.41) is 1.44. The molecule has 0 unspecified atom stereocenters. The van der Waals surface area contributed by atoms with E-state index in [0.29, 0.717) is 36.0 Å². The number of nitrogens with zero attached hydrogens (tertiary/aromatic N) is 2. The molecule has 1 aliphatic rings. The van der Waals surface area contributed by atoms with Gasteiger partial charge in [0.05, 0.1) is 0 Å². The van der Waals surface area contributed by atoms with Gasteiger partial charge in [0.1, 0.15) is 11.4 Å². The van der Waals surface area contributed by atoms with Crippen LogP contribution in [0.3, 0.4) is 0 Å². The van der Waals surface area contributed by atoms with E-state index >= 15 is 0 Å². The van der Waals surface area contributed by atoms with Crippen molar-refractivity contribution in [3.63, 3.8) is 0 Å². The van der Waals surface area contributed by atoms with Gasteiger partial charge in [-0.3, -0.25) is 4.79 Å². The number of hydrogen-bond donors (Lipinski definition) is 0. The van der Waals surface area contributed by atoms with Gasteiger partial charge in [-0.05, 0) is 55.0 Å². The van der Waals surface area contributed by atoms with Crippen molar-refractivity contribution >= 4 is 34.2 Å². The molecule has 4 rings (SSSR count). The fourth-order valence-electron chi connectivity index (χ4n) is 3.31. The number of fused-ring (bicyclic) bond motifs is 1. The molecule has 1 amide bonds. The van der Waals surface area contributed by atoms with Crippen LogP contribution in [0, 0.1) is 5.82 Å². The summed E-state index contributed by atoms with van der Waals surface area (Å²) in [6, 6.07) is 13.5. The third-order valence-electron chi connectivity index (χ3n) is 4.66. The smallest absolute Gasteiger partial charge is 0.289 e. The summed E-state index contributed by atoms with van der Waals surface area (Å²) in [5.74, 6) is -0.0267. The van der Waals surface area contributed by atoms with Crippen LogP contribution in [0.1, 0.15) is 17.0 Å². The Bertz CT molecular complexity index is 939. The number of halogens is 2. The summed E-state index contributed by atoms with van der Waals surface area (Å²) in [5.41, 5.74) is 1.62. The number of furan rings is 1. The van der Waals surface area contributed by atoms with Crippen LogP contribution in [0.15, 0.2) is 52.9 Å². The Morgan fingerprint density at radius 3 is 2.62 bits per heavy atom. The zero-order valence-corrected chi connectivity index (χ0v) is 14.9. The lowest BCUT2D eigenvalue weighted by Gasteiger charge is -2.23. The Morgan fingerprint density at radius 2 is 1.81 bits per heavy atom. The average Bonchev–Trinajstić information content (AvgIpc) is 2.90. The summed E-state index contributed by atoms with van der Waals surface area (Å²) in [6.07, 6.45) is 0.842. The molecule has 0 radical (unpaired) electrons. The second-order valence-corrected chi connectivity index (χ2v) is 6.84. The largest absolute Gasteiger partial charge is 0.451 e. The zero-order chi connectivity index (χ0) is 18.1. The van der Waals surface area contributed by atoms with Gasteiger partial charge in [-0.1, -0.05) is 11.6 Å². The Morgan fingerprint density at radius 1 is 1.00 bits per heavy atom. The Hall–Kier alpha value is -2.53. The van der Waals surface area contributed by atoms with E-state index in [2.05, 4.69) is 4.90 Å². The topological polar surface area (TPSA) is 36.7 Å². The molecule has 2 heterocycles. The van der Waals surface area contributed by atoms with Crippen molar-refractivity contribution in [2.45, 2.75) is 6.42 Å². The third kappa shape index (κ3) is 3.40. The normalized spacial score (nSPS) is 15.3. The van der Waals surface area contributed by atoms with Gasteiger partial charge in [-0.15, -0.1) is 0 Å². The van der Waals surface area contributed by atoms with Gasteiger partial charge >= 0.3 is 0 Å². The molecule has 1 aromatic heterocycles. The first kappa shape index (κ1) is 16.9. The van der Waals surface area contributed by atoms with Gasteiger partial charge in [-0.25, -0.2) is 4.39 Å². The lowest BCUT2D eigenvalue weighted by Crippen LogP contribution is -2.35. The minimum Gasteiger partial charge on any atom is -0.451 e. The molecular weight excluding hydrogens is 355 g/mol. The van der Waals surface area contributed by atoms with Crippen LogP contribution in [0.25, 0.3) is 11.0 Å². The van der Waals surface area contributed by atoms with Crippen LogP contribution in [-0.4, -0.2) is 37.0 Å². The maximum atomic E-state index is 13.1. The molecule has 0 bridgehead atoms. The molecule has 2 aromatic carbocycles. The van der Waals surface area contributed by atoms with Crippen molar-refractivity contribution in [2.24, 2.45) is 0 Å². The highest BCUT2D eigenvalue weighted by molar-refractivity contribution is 6.31. The summed E-state index contributed by atoms with van der Waals surface area (Å²) >= 11 is 6.00. The molecule has 0 aliphatic carbocycles. The zero-order valence-electron chi connectivity index (χ0n) is 14.1. The SMILES string of the molecule is O=C(c1cc2cc(Cl)ccc2o1)N1CCCN(c2ccc(F)cc2)CC1. The van der Waals surface area contributed by atoms with Crippen molar-refractivity contribution in [2.75, 3.05) is 31.1 Å². The molecule has 26 heavy (non-hydrogen) atoms. The van der Waals surface area contributed by atoms with Gasteiger partial charge in [0, 0.05) is 42.3 Å². The molecule has 134 valence electrons. The number of rotatable bonds is 2. The molecule has 6 heteroatoms. The molecule has 0 spiro atoms. The second kappa shape index (κ2) is 7.00. The number of benzene rings is 2. The van der Waals surface area contributed by atoms with Crippen molar-refractivity contribution in [1.82, 2.24) is 4.90 Å². The molecule has 4 nitrogen and oxygen atoms in total. The third-order valence-corrected chi connectivity index (χ3v) is 4.90. The number of carbonyl (C=O) groups is 1. The first-order valence-corrected chi connectivity index (χ1v) is 8.97. The predicted octanol–water partition coefficient (Wildman–Crippen LogP) is 4.58.